The third-order valence-corrected chi connectivity index (χ3v) is 4.20. The molecule has 0 atom stereocenters. The SMILES string of the molecule is Cc1nccc(CNC(=O)NCCSCc2ccccc2C#N)n1. The van der Waals surface area contributed by atoms with Gasteiger partial charge in [-0.2, -0.15) is 17.0 Å². The van der Waals surface area contributed by atoms with Crippen LogP contribution in [0.2, 0.25) is 0 Å². The van der Waals surface area contributed by atoms with E-state index in [0.29, 0.717) is 24.5 Å². The minimum absolute atomic E-state index is 0.218. The molecule has 0 bridgehead atoms. The summed E-state index contributed by atoms with van der Waals surface area (Å²) in [4.78, 5) is 19.9. The minimum Gasteiger partial charge on any atom is -0.337 e. The maximum Gasteiger partial charge on any atom is 0.315 e. The lowest BCUT2D eigenvalue weighted by Crippen LogP contribution is -2.36. The normalized spacial score (nSPS) is 10.0. The van der Waals surface area contributed by atoms with E-state index >= 15 is 0 Å². The molecule has 0 spiro atoms. The molecule has 7 heteroatoms. The van der Waals surface area contributed by atoms with E-state index < -0.39 is 0 Å². The summed E-state index contributed by atoms with van der Waals surface area (Å²) in [6, 6.07) is 11.3. The molecular weight excluding hydrogens is 322 g/mol. The van der Waals surface area contributed by atoms with E-state index in [1.807, 2.05) is 31.2 Å². The Hall–Kier alpha value is -2.59. The molecule has 1 aromatic heterocycles. The number of benzene rings is 1. The van der Waals surface area contributed by atoms with Crippen molar-refractivity contribution in [3.63, 3.8) is 0 Å². The molecule has 2 amide bonds. The van der Waals surface area contributed by atoms with Gasteiger partial charge in [0.25, 0.3) is 0 Å². The fourth-order valence-electron chi connectivity index (χ4n) is 2.01. The van der Waals surface area contributed by atoms with Crippen LogP contribution in [-0.2, 0) is 12.3 Å². The van der Waals surface area contributed by atoms with E-state index in [4.69, 9.17) is 5.26 Å². The summed E-state index contributed by atoms with van der Waals surface area (Å²) in [6.07, 6.45) is 1.67. The third-order valence-electron chi connectivity index (χ3n) is 3.19. The van der Waals surface area contributed by atoms with E-state index in [1.54, 1.807) is 24.0 Å². The Morgan fingerprint density at radius 2 is 2.12 bits per heavy atom. The summed E-state index contributed by atoms with van der Waals surface area (Å²) in [7, 11) is 0. The van der Waals surface area contributed by atoms with Crippen LogP contribution in [0.25, 0.3) is 0 Å². The quantitative estimate of drug-likeness (QED) is 0.755. The topological polar surface area (TPSA) is 90.7 Å². The molecule has 0 aliphatic carbocycles. The number of aryl methyl sites for hydroxylation is 1. The summed E-state index contributed by atoms with van der Waals surface area (Å²) in [5.41, 5.74) is 2.50. The van der Waals surface area contributed by atoms with Gasteiger partial charge in [-0.1, -0.05) is 18.2 Å². The predicted octanol–water partition coefficient (Wildman–Crippen LogP) is 2.39. The van der Waals surface area contributed by atoms with Crippen molar-refractivity contribution in [2.45, 2.75) is 19.2 Å². The van der Waals surface area contributed by atoms with E-state index in [1.165, 1.54) is 0 Å². The molecule has 1 aromatic carbocycles. The van der Waals surface area contributed by atoms with Gasteiger partial charge in [0.1, 0.15) is 5.82 Å². The molecule has 2 aromatic rings. The molecule has 0 aliphatic rings. The molecule has 0 unspecified atom stereocenters. The Morgan fingerprint density at radius 1 is 1.29 bits per heavy atom. The average molecular weight is 341 g/mol. The van der Waals surface area contributed by atoms with Crippen molar-refractivity contribution in [2.75, 3.05) is 12.3 Å². The van der Waals surface area contributed by atoms with Gasteiger partial charge in [0.15, 0.2) is 0 Å². The monoisotopic (exact) mass is 341 g/mol. The number of aromatic nitrogens is 2. The summed E-state index contributed by atoms with van der Waals surface area (Å²) in [5.74, 6) is 2.22. The molecule has 2 rings (SSSR count). The second kappa shape index (κ2) is 9.53. The Morgan fingerprint density at radius 3 is 2.92 bits per heavy atom. The largest absolute Gasteiger partial charge is 0.337 e. The fourth-order valence-corrected chi connectivity index (χ4v) is 2.87. The number of thioether (sulfide) groups is 1. The van der Waals surface area contributed by atoms with Crippen LogP contribution < -0.4 is 10.6 Å². The second-order valence-electron chi connectivity index (χ2n) is 5.03. The molecule has 0 saturated heterocycles. The van der Waals surface area contributed by atoms with Crippen molar-refractivity contribution in [3.8, 4) is 6.07 Å². The van der Waals surface area contributed by atoms with Gasteiger partial charge < -0.3 is 10.6 Å². The predicted molar refractivity (Wildman–Crippen MR) is 94.3 cm³/mol. The highest BCUT2D eigenvalue weighted by atomic mass is 32.2. The summed E-state index contributed by atoms with van der Waals surface area (Å²) < 4.78 is 0. The van der Waals surface area contributed by atoms with Crippen LogP contribution in [0.4, 0.5) is 4.79 Å². The summed E-state index contributed by atoms with van der Waals surface area (Å²) >= 11 is 1.68. The summed E-state index contributed by atoms with van der Waals surface area (Å²) in [5, 5.41) is 14.6. The van der Waals surface area contributed by atoms with Gasteiger partial charge >= 0.3 is 6.03 Å². The fraction of sp³-hybridized carbons (Fsp3) is 0.294. The van der Waals surface area contributed by atoms with E-state index in [9.17, 15) is 4.79 Å². The van der Waals surface area contributed by atoms with Crippen LogP contribution in [0.3, 0.4) is 0 Å². The average Bonchev–Trinajstić information content (AvgIpc) is 2.60. The molecule has 0 aliphatic heterocycles. The molecule has 0 radical (unpaired) electrons. The molecule has 6 nitrogen and oxygen atoms in total. The smallest absolute Gasteiger partial charge is 0.315 e. The number of nitrogens with zero attached hydrogens (tertiary/aromatic N) is 3. The lowest BCUT2D eigenvalue weighted by molar-refractivity contribution is 0.241. The standard InChI is InChI=1S/C17H19N5OS/c1-13-19-7-6-16(22-13)11-21-17(23)20-8-9-24-12-15-5-3-2-4-14(15)10-18/h2-7H,8-9,11-12H2,1H3,(H2,20,21,23). The number of amides is 2. The van der Waals surface area contributed by atoms with Gasteiger partial charge in [0.05, 0.1) is 23.9 Å². The first kappa shape index (κ1) is 17.8. The maximum atomic E-state index is 11.7. The van der Waals surface area contributed by atoms with E-state index in [0.717, 1.165) is 22.8 Å². The number of carbonyl (C=O) groups is 1. The number of hydrogen-bond acceptors (Lipinski definition) is 5. The van der Waals surface area contributed by atoms with Gasteiger partial charge in [-0.15, -0.1) is 0 Å². The van der Waals surface area contributed by atoms with Gasteiger partial charge in [0.2, 0.25) is 0 Å². The van der Waals surface area contributed by atoms with Crippen molar-refractivity contribution >= 4 is 17.8 Å². The molecule has 0 saturated carbocycles. The van der Waals surface area contributed by atoms with Crippen molar-refractivity contribution in [1.29, 1.82) is 5.26 Å². The van der Waals surface area contributed by atoms with Crippen LogP contribution in [0.1, 0.15) is 22.6 Å². The maximum absolute atomic E-state index is 11.7. The highest BCUT2D eigenvalue weighted by Gasteiger charge is 2.03. The van der Waals surface area contributed by atoms with Crippen molar-refractivity contribution in [2.24, 2.45) is 0 Å². The highest BCUT2D eigenvalue weighted by Crippen LogP contribution is 2.15. The van der Waals surface area contributed by atoms with Crippen molar-refractivity contribution in [1.82, 2.24) is 20.6 Å². The number of nitrogens with one attached hydrogen (secondary N) is 2. The van der Waals surface area contributed by atoms with Gasteiger partial charge in [-0.3, -0.25) is 0 Å². The Kier molecular flexibility index (Phi) is 7.05. The molecule has 2 N–H and O–H groups in total. The van der Waals surface area contributed by atoms with Crippen LogP contribution in [0.15, 0.2) is 36.5 Å². The van der Waals surface area contributed by atoms with Crippen LogP contribution in [0, 0.1) is 18.3 Å². The van der Waals surface area contributed by atoms with E-state index in [-0.39, 0.29) is 6.03 Å². The zero-order chi connectivity index (χ0) is 17.2. The first-order valence-corrected chi connectivity index (χ1v) is 8.70. The van der Waals surface area contributed by atoms with E-state index in [2.05, 4.69) is 26.7 Å². The summed E-state index contributed by atoms with van der Waals surface area (Å²) in [6.45, 7) is 2.75. The Labute approximate surface area is 145 Å². The lowest BCUT2D eigenvalue weighted by Gasteiger charge is -2.08. The second-order valence-corrected chi connectivity index (χ2v) is 6.13. The minimum atomic E-state index is -0.218. The molecule has 0 fully saturated rings. The first-order chi connectivity index (χ1) is 11.7. The number of urea groups is 1. The van der Waals surface area contributed by atoms with Crippen LogP contribution >= 0.6 is 11.8 Å². The zero-order valence-corrected chi connectivity index (χ0v) is 14.3. The van der Waals surface area contributed by atoms with Crippen molar-refractivity contribution < 1.29 is 4.79 Å². The van der Waals surface area contributed by atoms with Gasteiger partial charge in [-0.25, -0.2) is 14.8 Å². The zero-order valence-electron chi connectivity index (χ0n) is 13.5. The number of hydrogen-bond donors (Lipinski definition) is 2. The molecule has 24 heavy (non-hydrogen) atoms. The van der Waals surface area contributed by atoms with Crippen LogP contribution in [0.5, 0.6) is 0 Å². The molecule has 1 heterocycles. The number of rotatable bonds is 7. The Bertz CT molecular complexity index is 729. The van der Waals surface area contributed by atoms with Gasteiger partial charge in [-0.05, 0) is 24.6 Å². The third kappa shape index (κ3) is 5.89. The molecule has 124 valence electrons. The first-order valence-electron chi connectivity index (χ1n) is 7.55. The number of carbonyl (C=O) groups excluding carboxylic acids is 1. The molecular formula is C17H19N5OS. The lowest BCUT2D eigenvalue weighted by atomic mass is 10.1. The van der Waals surface area contributed by atoms with Crippen LogP contribution in [-0.4, -0.2) is 28.3 Å². The Balaban J connectivity index is 1.62. The van der Waals surface area contributed by atoms with Crippen molar-refractivity contribution in [3.05, 3.63) is 59.2 Å². The number of nitriles is 1. The highest BCUT2D eigenvalue weighted by molar-refractivity contribution is 7.98. The van der Waals surface area contributed by atoms with Gasteiger partial charge in [0, 0.05) is 24.2 Å².